The van der Waals surface area contributed by atoms with Gasteiger partial charge in [-0.2, -0.15) is 0 Å². The molecule has 0 saturated heterocycles. The Kier molecular flexibility index (Phi) is 5.09. The molecule has 1 heterocycles. The predicted octanol–water partition coefficient (Wildman–Crippen LogP) is 4.61. The van der Waals surface area contributed by atoms with Crippen LogP contribution in [0.25, 0.3) is 11.0 Å². The molecule has 3 nitrogen and oxygen atoms in total. The number of fused-ring (bicyclic) bond motifs is 1. The van der Waals surface area contributed by atoms with E-state index in [-0.39, 0.29) is 0 Å². The Morgan fingerprint density at radius 3 is 2.52 bits per heavy atom. The van der Waals surface area contributed by atoms with E-state index in [1.54, 1.807) is 7.11 Å². The molecule has 0 aliphatic carbocycles. The van der Waals surface area contributed by atoms with Crippen LogP contribution in [0.3, 0.4) is 0 Å². The minimum atomic E-state index is 0.325. The zero-order chi connectivity index (χ0) is 16.1. The van der Waals surface area contributed by atoms with Crippen molar-refractivity contribution in [3.63, 3.8) is 0 Å². The first-order valence-corrected chi connectivity index (χ1v) is 8.34. The summed E-state index contributed by atoms with van der Waals surface area (Å²) >= 11 is 0. The molecule has 3 rings (SSSR count). The van der Waals surface area contributed by atoms with Crippen molar-refractivity contribution in [3.8, 4) is 0 Å². The molecule has 3 aromatic rings. The lowest BCUT2D eigenvalue weighted by Crippen LogP contribution is -2.11. The van der Waals surface area contributed by atoms with Gasteiger partial charge in [0, 0.05) is 26.2 Å². The topological polar surface area (TPSA) is 27.1 Å². The lowest BCUT2D eigenvalue weighted by atomic mass is 9.95. The Morgan fingerprint density at radius 1 is 1.04 bits per heavy atom. The highest BCUT2D eigenvalue weighted by Gasteiger charge is 2.20. The molecule has 23 heavy (non-hydrogen) atoms. The smallest absolute Gasteiger partial charge is 0.117 e. The molecule has 0 bridgehead atoms. The summed E-state index contributed by atoms with van der Waals surface area (Å²) in [6.45, 7) is 3.94. The number of rotatable bonds is 7. The van der Waals surface area contributed by atoms with Gasteiger partial charge >= 0.3 is 0 Å². The van der Waals surface area contributed by atoms with Crippen LogP contribution in [0.2, 0.25) is 0 Å². The van der Waals surface area contributed by atoms with E-state index in [0.717, 1.165) is 37.3 Å². The second-order valence-corrected chi connectivity index (χ2v) is 5.83. The number of hydrogen-bond donors (Lipinski definition) is 0. The Morgan fingerprint density at radius 2 is 1.78 bits per heavy atom. The molecule has 120 valence electrons. The van der Waals surface area contributed by atoms with Crippen molar-refractivity contribution in [1.29, 1.82) is 0 Å². The monoisotopic (exact) mass is 308 g/mol. The van der Waals surface area contributed by atoms with Crippen molar-refractivity contribution < 1.29 is 4.74 Å². The molecule has 0 radical (unpaired) electrons. The average molecular weight is 308 g/mol. The van der Waals surface area contributed by atoms with Crippen LogP contribution in [0.4, 0.5) is 0 Å². The average Bonchev–Trinajstić information content (AvgIpc) is 2.95. The largest absolute Gasteiger partial charge is 0.385 e. The van der Waals surface area contributed by atoms with Crippen LogP contribution < -0.4 is 0 Å². The van der Waals surface area contributed by atoms with Gasteiger partial charge in [0.15, 0.2) is 0 Å². The molecule has 2 aromatic carbocycles. The van der Waals surface area contributed by atoms with Gasteiger partial charge in [-0.3, -0.25) is 0 Å². The lowest BCUT2D eigenvalue weighted by molar-refractivity contribution is 0.190. The van der Waals surface area contributed by atoms with Gasteiger partial charge in [-0.05, 0) is 30.5 Å². The van der Waals surface area contributed by atoms with Gasteiger partial charge in [0.2, 0.25) is 0 Å². The van der Waals surface area contributed by atoms with E-state index in [1.807, 2.05) is 0 Å². The summed E-state index contributed by atoms with van der Waals surface area (Å²) in [7, 11) is 1.76. The number of imidazole rings is 1. The third kappa shape index (κ3) is 3.30. The summed E-state index contributed by atoms with van der Waals surface area (Å²) in [5, 5.41) is 0. The number of ether oxygens (including phenoxy) is 1. The van der Waals surface area contributed by atoms with Gasteiger partial charge in [0.05, 0.1) is 11.0 Å². The Bertz CT molecular complexity index is 749. The SMILES string of the molecule is CCC(c1ccccc1)c1nc2ccccc2n1CCCOC. The highest BCUT2D eigenvalue weighted by Crippen LogP contribution is 2.30. The number of aromatic nitrogens is 2. The van der Waals surface area contributed by atoms with Gasteiger partial charge in [-0.15, -0.1) is 0 Å². The number of para-hydroxylation sites is 2. The van der Waals surface area contributed by atoms with Crippen LogP contribution >= 0.6 is 0 Å². The second-order valence-electron chi connectivity index (χ2n) is 5.83. The third-order valence-electron chi connectivity index (χ3n) is 4.34. The molecule has 1 unspecified atom stereocenters. The Balaban J connectivity index is 2.05. The molecule has 0 aliphatic rings. The van der Waals surface area contributed by atoms with Crippen LogP contribution in [0, 0.1) is 0 Å². The zero-order valence-electron chi connectivity index (χ0n) is 13.9. The summed E-state index contributed by atoms with van der Waals surface area (Å²) in [4.78, 5) is 4.96. The summed E-state index contributed by atoms with van der Waals surface area (Å²) < 4.78 is 7.60. The zero-order valence-corrected chi connectivity index (χ0v) is 13.9. The van der Waals surface area contributed by atoms with E-state index >= 15 is 0 Å². The third-order valence-corrected chi connectivity index (χ3v) is 4.34. The van der Waals surface area contributed by atoms with Crippen LogP contribution in [0.15, 0.2) is 54.6 Å². The number of methoxy groups -OCH3 is 1. The fourth-order valence-electron chi connectivity index (χ4n) is 3.21. The lowest BCUT2D eigenvalue weighted by Gasteiger charge is -2.17. The standard InChI is InChI=1S/C20H24N2O/c1-3-17(16-10-5-4-6-11-16)20-21-18-12-7-8-13-19(18)22(20)14-9-15-23-2/h4-8,10-13,17H,3,9,14-15H2,1-2H3. The summed E-state index contributed by atoms with van der Waals surface area (Å²) in [5.41, 5.74) is 3.63. The maximum Gasteiger partial charge on any atom is 0.117 e. The van der Waals surface area contributed by atoms with Gasteiger partial charge in [-0.25, -0.2) is 4.98 Å². The minimum Gasteiger partial charge on any atom is -0.385 e. The second kappa shape index (κ2) is 7.42. The molecular weight excluding hydrogens is 284 g/mol. The predicted molar refractivity (Wildman–Crippen MR) is 94.8 cm³/mol. The summed E-state index contributed by atoms with van der Waals surface area (Å²) in [5.74, 6) is 1.49. The number of hydrogen-bond acceptors (Lipinski definition) is 2. The van der Waals surface area contributed by atoms with Crippen molar-refractivity contribution >= 4 is 11.0 Å². The molecule has 0 saturated carbocycles. The van der Waals surface area contributed by atoms with Crippen LogP contribution in [0.1, 0.15) is 37.1 Å². The molecular formula is C20H24N2O. The van der Waals surface area contributed by atoms with Crippen molar-refractivity contribution in [3.05, 3.63) is 66.0 Å². The fourth-order valence-corrected chi connectivity index (χ4v) is 3.21. The highest BCUT2D eigenvalue weighted by atomic mass is 16.5. The van der Waals surface area contributed by atoms with Gasteiger partial charge in [0.25, 0.3) is 0 Å². The molecule has 0 aliphatic heterocycles. The normalized spacial score (nSPS) is 12.6. The molecule has 0 spiro atoms. The quantitative estimate of drug-likeness (QED) is 0.596. The van der Waals surface area contributed by atoms with E-state index in [1.165, 1.54) is 11.1 Å². The summed E-state index contributed by atoms with van der Waals surface area (Å²) in [6, 6.07) is 19.1. The van der Waals surface area contributed by atoms with Crippen LogP contribution in [-0.4, -0.2) is 23.3 Å². The molecule has 0 fully saturated rings. The molecule has 1 atom stereocenters. The van der Waals surface area contributed by atoms with Crippen LogP contribution in [0.5, 0.6) is 0 Å². The van der Waals surface area contributed by atoms with Crippen molar-refractivity contribution in [2.45, 2.75) is 32.2 Å². The van der Waals surface area contributed by atoms with Gasteiger partial charge < -0.3 is 9.30 Å². The maximum absolute atomic E-state index is 5.23. The van der Waals surface area contributed by atoms with Gasteiger partial charge in [0.1, 0.15) is 5.82 Å². The Hall–Kier alpha value is -2.13. The maximum atomic E-state index is 5.23. The molecule has 0 N–H and O–H groups in total. The minimum absolute atomic E-state index is 0.325. The van der Waals surface area contributed by atoms with Crippen molar-refractivity contribution in [2.24, 2.45) is 0 Å². The number of benzene rings is 2. The first-order chi connectivity index (χ1) is 11.3. The van der Waals surface area contributed by atoms with E-state index in [0.29, 0.717) is 5.92 Å². The van der Waals surface area contributed by atoms with E-state index in [9.17, 15) is 0 Å². The van der Waals surface area contributed by atoms with Gasteiger partial charge in [-0.1, -0.05) is 49.4 Å². The molecule has 3 heteroatoms. The Labute approximate surface area is 137 Å². The first kappa shape index (κ1) is 15.8. The number of nitrogens with zero attached hydrogens (tertiary/aromatic N) is 2. The first-order valence-electron chi connectivity index (χ1n) is 8.34. The molecule has 0 amide bonds. The van der Waals surface area contributed by atoms with Crippen molar-refractivity contribution in [1.82, 2.24) is 9.55 Å². The van der Waals surface area contributed by atoms with E-state index < -0.39 is 0 Å². The highest BCUT2D eigenvalue weighted by molar-refractivity contribution is 5.76. The van der Waals surface area contributed by atoms with E-state index in [2.05, 4.69) is 66.1 Å². The summed E-state index contributed by atoms with van der Waals surface area (Å²) in [6.07, 6.45) is 2.03. The van der Waals surface area contributed by atoms with E-state index in [4.69, 9.17) is 9.72 Å². The van der Waals surface area contributed by atoms with Crippen LogP contribution in [-0.2, 0) is 11.3 Å². The fraction of sp³-hybridized carbons (Fsp3) is 0.350. The number of aryl methyl sites for hydroxylation is 1. The van der Waals surface area contributed by atoms with Crippen molar-refractivity contribution in [2.75, 3.05) is 13.7 Å². The molecule has 1 aromatic heterocycles.